The van der Waals surface area contributed by atoms with Crippen molar-refractivity contribution in [3.05, 3.63) is 42.6 Å². The zero-order chi connectivity index (χ0) is 27.2. The summed E-state index contributed by atoms with van der Waals surface area (Å²) >= 11 is 0. The van der Waals surface area contributed by atoms with Gasteiger partial charge in [0, 0.05) is 51.0 Å². The summed E-state index contributed by atoms with van der Waals surface area (Å²) in [5, 5.41) is 9.50. The zero-order valence-electron chi connectivity index (χ0n) is 22.8. The van der Waals surface area contributed by atoms with E-state index < -0.39 is 20.7 Å². The second-order valence-electron chi connectivity index (χ2n) is 9.57. The third kappa shape index (κ3) is 7.03. The van der Waals surface area contributed by atoms with Crippen molar-refractivity contribution in [1.29, 1.82) is 0 Å². The number of ether oxygens (including phenoxy) is 2. The van der Waals surface area contributed by atoms with E-state index in [1.165, 1.54) is 11.4 Å². The van der Waals surface area contributed by atoms with Crippen molar-refractivity contribution in [2.75, 3.05) is 62.8 Å². The van der Waals surface area contributed by atoms with Crippen molar-refractivity contribution >= 4 is 52.1 Å². The van der Waals surface area contributed by atoms with Gasteiger partial charge in [-0.2, -0.15) is 4.31 Å². The molecule has 2 saturated heterocycles. The van der Waals surface area contributed by atoms with Crippen LogP contribution in [0.15, 0.2) is 42.6 Å². The Kier molecular flexibility index (Phi) is 12.6. The van der Waals surface area contributed by atoms with Crippen LogP contribution in [-0.4, -0.2) is 86.6 Å². The molecule has 0 aliphatic carbocycles. The topological polar surface area (TPSA) is 125 Å². The van der Waals surface area contributed by atoms with Crippen molar-refractivity contribution in [3.63, 3.8) is 0 Å². The molecule has 2 aliphatic rings. The van der Waals surface area contributed by atoms with Gasteiger partial charge in [0.05, 0.1) is 25.6 Å². The number of hydrogen-bond donors (Lipinski definition) is 2. The highest BCUT2D eigenvalue weighted by Crippen LogP contribution is 2.36. The number of nitrogens with one attached hydrogen (secondary N) is 1. The van der Waals surface area contributed by atoms with Crippen LogP contribution < -0.4 is 24.8 Å². The van der Waals surface area contributed by atoms with Gasteiger partial charge in [0.15, 0.2) is 4.75 Å². The highest BCUT2D eigenvalue weighted by Gasteiger charge is 2.55. The number of anilines is 2. The summed E-state index contributed by atoms with van der Waals surface area (Å²) in [6, 6.07) is 11.4. The molecule has 2 N–H and O–H groups in total. The lowest BCUT2D eigenvalue weighted by atomic mass is 9.94. The van der Waals surface area contributed by atoms with Gasteiger partial charge in [-0.3, -0.25) is 10.0 Å². The second kappa shape index (κ2) is 14.9. The largest absolute Gasteiger partial charge is 0.494 e. The molecule has 0 unspecified atom stereocenters. The van der Waals surface area contributed by atoms with Gasteiger partial charge in [-0.15, -0.1) is 24.8 Å². The Labute approximate surface area is 248 Å². The first kappa shape index (κ1) is 33.7. The second-order valence-corrected chi connectivity index (χ2v) is 11.8. The lowest BCUT2D eigenvalue weighted by Crippen LogP contribution is -2.63. The van der Waals surface area contributed by atoms with Crippen LogP contribution >= 0.6 is 24.8 Å². The summed E-state index contributed by atoms with van der Waals surface area (Å²) in [6.07, 6.45) is 3.84. The number of methoxy groups -OCH3 is 1. The summed E-state index contributed by atoms with van der Waals surface area (Å²) < 4.78 is 38.2. The fourth-order valence-corrected chi connectivity index (χ4v) is 7.15. The Morgan fingerprint density at radius 1 is 0.975 bits per heavy atom. The number of carbonyl (C=O) groups excluding carboxylic acids is 1. The van der Waals surface area contributed by atoms with E-state index >= 15 is 0 Å². The maximum absolute atomic E-state index is 13.9. The predicted octanol–water partition coefficient (Wildman–Crippen LogP) is 3.11. The molecule has 224 valence electrons. The number of benzene rings is 1. The monoisotopic (exact) mass is 619 g/mol. The number of unbranched alkanes of at least 4 members (excludes halogenated alkanes) is 1. The molecule has 0 radical (unpaired) electrons. The fourth-order valence-electron chi connectivity index (χ4n) is 5.03. The van der Waals surface area contributed by atoms with Gasteiger partial charge in [-0.25, -0.2) is 18.9 Å². The minimum atomic E-state index is -4.05. The number of hydroxylamine groups is 1. The van der Waals surface area contributed by atoms with Crippen molar-refractivity contribution < 1.29 is 27.9 Å². The third-order valence-electron chi connectivity index (χ3n) is 7.42. The average molecular weight is 621 g/mol. The van der Waals surface area contributed by atoms with Crippen LogP contribution in [0.2, 0.25) is 0 Å². The molecule has 1 aromatic carbocycles. The van der Waals surface area contributed by atoms with E-state index in [0.29, 0.717) is 38.7 Å². The summed E-state index contributed by atoms with van der Waals surface area (Å²) in [4.78, 5) is 21.2. The lowest BCUT2D eigenvalue weighted by molar-refractivity contribution is -0.132. The molecule has 0 bridgehead atoms. The maximum atomic E-state index is 13.9. The van der Waals surface area contributed by atoms with Gasteiger partial charge in [0.2, 0.25) is 15.9 Å². The number of halogens is 2. The fraction of sp³-hybridized carbons (Fsp3) is 0.538. The van der Waals surface area contributed by atoms with E-state index in [1.54, 1.807) is 17.7 Å². The number of aromatic nitrogens is 1. The standard InChI is InChI=1S/C26H37N5O6S.2ClH/c1-3-4-19-37-23-8-5-21(6-9-23)30-15-17-31(18-16-30)38(34,35)26(25(32)28-33)11-13-29(14-12-26)22-7-10-24(36-2)27-20-22;;/h5-10,20,33H,3-4,11-19H2,1-2H3,(H,28,32);2*1H. The molecule has 14 heteroatoms. The number of carbonyl (C=O) groups is 1. The summed E-state index contributed by atoms with van der Waals surface area (Å²) in [5.74, 6) is 0.418. The van der Waals surface area contributed by atoms with Crippen molar-refractivity contribution in [2.24, 2.45) is 0 Å². The SMILES string of the molecule is CCCCOc1ccc(N2CCN(S(=O)(=O)C3(C(=O)NO)CCN(c4ccc(OC)nc4)CC3)CC2)cc1.Cl.Cl. The van der Waals surface area contributed by atoms with Gasteiger partial charge in [0.25, 0.3) is 5.91 Å². The number of pyridine rings is 1. The molecule has 1 aromatic heterocycles. The normalized spacial score (nSPS) is 17.3. The van der Waals surface area contributed by atoms with E-state index in [9.17, 15) is 18.4 Å². The number of hydrogen-bond acceptors (Lipinski definition) is 9. The molecule has 40 heavy (non-hydrogen) atoms. The molecule has 1 amide bonds. The minimum absolute atomic E-state index is 0. The first-order chi connectivity index (χ1) is 18.3. The number of piperidine rings is 1. The van der Waals surface area contributed by atoms with Crippen molar-refractivity contribution in [2.45, 2.75) is 37.4 Å². The highest BCUT2D eigenvalue weighted by atomic mass is 35.5. The quantitative estimate of drug-likeness (QED) is 0.234. The Morgan fingerprint density at radius 2 is 1.57 bits per heavy atom. The maximum Gasteiger partial charge on any atom is 0.266 e. The van der Waals surface area contributed by atoms with Crippen molar-refractivity contribution in [1.82, 2.24) is 14.8 Å². The number of amides is 1. The van der Waals surface area contributed by atoms with Crippen LogP contribution in [0.1, 0.15) is 32.6 Å². The molecule has 11 nitrogen and oxygen atoms in total. The van der Waals surface area contributed by atoms with Crippen LogP contribution in [0.3, 0.4) is 0 Å². The smallest absolute Gasteiger partial charge is 0.266 e. The van der Waals surface area contributed by atoms with Gasteiger partial charge < -0.3 is 19.3 Å². The van der Waals surface area contributed by atoms with E-state index in [1.807, 2.05) is 35.2 Å². The van der Waals surface area contributed by atoms with Gasteiger partial charge in [0.1, 0.15) is 5.75 Å². The first-order valence-corrected chi connectivity index (χ1v) is 14.5. The highest BCUT2D eigenvalue weighted by molar-refractivity contribution is 7.91. The predicted molar refractivity (Wildman–Crippen MR) is 159 cm³/mol. The zero-order valence-corrected chi connectivity index (χ0v) is 25.3. The lowest BCUT2D eigenvalue weighted by Gasteiger charge is -2.44. The number of rotatable bonds is 10. The van der Waals surface area contributed by atoms with Crippen molar-refractivity contribution in [3.8, 4) is 11.6 Å². The van der Waals surface area contributed by atoms with Gasteiger partial charge in [-0.05, 0) is 49.6 Å². The Hall–Kier alpha value is -2.51. The first-order valence-electron chi connectivity index (χ1n) is 13.0. The summed E-state index contributed by atoms with van der Waals surface area (Å²) in [6.45, 7) is 4.96. The van der Waals surface area contributed by atoms with Gasteiger partial charge >= 0.3 is 0 Å². The molecular weight excluding hydrogens is 581 g/mol. The van der Waals surface area contributed by atoms with Crippen LogP contribution in [0.5, 0.6) is 11.6 Å². The molecule has 3 heterocycles. The third-order valence-corrected chi connectivity index (χ3v) is 10.0. The number of sulfonamides is 1. The van der Waals surface area contributed by atoms with Crippen LogP contribution in [0, 0.1) is 0 Å². The molecule has 0 atom stereocenters. The molecule has 0 spiro atoms. The molecule has 0 saturated carbocycles. The van der Waals surface area contributed by atoms with Crippen LogP contribution in [0.25, 0.3) is 0 Å². The van der Waals surface area contributed by atoms with Crippen LogP contribution in [-0.2, 0) is 14.8 Å². The van der Waals surface area contributed by atoms with E-state index in [-0.39, 0.29) is 50.7 Å². The Morgan fingerprint density at radius 3 is 2.10 bits per heavy atom. The average Bonchev–Trinajstić information content (AvgIpc) is 2.97. The molecular formula is C26H39Cl2N5O6S. The van der Waals surface area contributed by atoms with E-state index in [0.717, 1.165) is 30.0 Å². The summed E-state index contributed by atoms with van der Waals surface area (Å²) in [7, 11) is -2.51. The van der Waals surface area contributed by atoms with Crippen LogP contribution in [0.4, 0.5) is 11.4 Å². The van der Waals surface area contributed by atoms with E-state index in [2.05, 4.69) is 16.8 Å². The number of nitrogens with zero attached hydrogens (tertiary/aromatic N) is 4. The Balaban J connectivity index is 0.00000280. The van der Waals surface area contributed by atoms with E-state index in [4.69, 9.17) is 9.47 Å². The Bertz CT molecular complexity index is 1170. The molecule has 4 rings (SSSR count). The van der Waals surface area contributed by atoms with Gasteiger partial charge in [-0.1, -0.05) is 13.3 Å². The molecule has 2 aliphatic heterocycles. The summed E-state index contributed by atoms with van der Waals surface area (Å²) in [5.41, 5.74) is 3.44. The minimum Gasteiger partial charge on any atom is -0.494 e. The molecule has 2 aromatic rings. The molecule has 2 fully saturated rings. The number of piperazine rings is 1.